The maximum atomic E-state index is 11.3. The Morgan fingerprint density at radius 1 is 1.37 bits per heavy atom. The molecular weight excluding hydrogens is 350 g/mol. The molecule has 0 saturated carbocycles. The molecule has 3 nitrogen and oxygen atoms in total. The molecule has 0 spiro atoms. The van der Waals surface area contributed by atoms with Gasteiger partial charge >= 0.3 is 0 Å². The third-order valence-corrected chi connectivity index (χ3v) is 4.37. The van der Waals surface area contributed by atoms with Gasteiger partial charge in [0.2, 0.25) is 5.91 Å². The molecule has 2 rings (SSSR count). The minimum Gasteiger partial charge on any atom is -0.384 e. The summed E-state index contributed by atoms with van der Waals surface area (Å²) in [4.78, 5) is 11.3. The molecule has 0 aliphatic heterocycles. The number of amides is 1. The standard InChI is InChI=1S/C13H11BrClNO2S/c14-10-4-2-1-3-8(10)12(18)9-5-6-19-13(9)16-11(17)7-15/h1-6,12,18H,7H2,(H,16,17). The van der Waals surface area contributed by atoms with Gasteiger partial charge in [-0.2, -0.15) is 0 Å². The molecule has 2 aromatic rings. The normalized spacial score (nSPS) is 12.2. The zero-order valence-electron chi connectivity index (χ0n) is 9.77. The van der Waals surface area contributed by atoms with E-state index in [0.29, 0.717) is 10.6 Å². The van der Waals surface area contributed by atoms with Gasteiger partial charge in [0.15, 0.2) is 0 Å². The first-order valence-corrected chi connectivity index (χ1v) is 7.70. The van der Waals surface area contributed by atoms with Crippen LogP contribution in [0.5, 0.6) is 0 Å². The Bertz CT molecular complexity index is 588. The van der Waals surface area contributed by atoms with Crippen molar-refractivity contribution in [2.24, 2.45) is 0 Å². The fraction of sp³-hybridized carbons (Fsp3) is 0.154. The van der Waals surface area contributed by atoms with Crippen LogP contribution >= 0.6 is 38.9 Å². The van der Waals surface area contributed by atoms with Crippen molar-refractivity contribution < 1.29 is 9.90 Å². The Morgan fingerprint density at radius 2 is 2.11 bits per heavy atom. The van der Waals surface area contributed by atoms with Crippen LogP contribution in [0.1, 0.15) is 17.2 Å². The van der Waals surface area contributed by atoms with Crippen molar-refractivity contribution in [3.8, 4) is 0 Å². The Morgan fingerprint density at radius 3 is 2.79 bits per heavy atom. The van der Waals surface area contributed by atoms with Crippen LogP contribution in [0.3, 0.4) is 0 Å². The minimum atomic E-state index is -0.799. The summed E-state index contributed by atoms with van der Waals surface area (Å²) in [6.45, 7) is 0. The van der Waals surface area contributed by atoms with Crippen LogP contribution in [0.15, 0.2) is 40.2 Å². The highest BCUT2D eigenvalue weighted by Crippen LogP contribution is 2.35. The number of hydrogen-bond acceptors (Lipinski definition) is 3. The second-order valence-corrected chi connectivity index (χ2v) is 5.85. The zero-order chi connectivity index (χ0) is 13.8. The number of nitrogens with one attached hydrogen (secondary N) is 1. The van der Waals surface area contributed by atoms with E-state index in [9.17, 15) is 9.90 Å². The zero-order valence-corrected chi connectivity index (χ0v) is 12.9. The number of hydrogen-bond donors (Lipinski definition) is 2. The van der Waals surface area contributed by atoms with Crippen molar-refractivity contribution in [3.05, 3.63) is 51.3 Å². The van der Waals surface area contributed by atoms with Crippen molar-refractivity contribution in [3.63, 3.8) is 0 Å². The van der Waals surface area contributed by atoms with E-state index in [0.717, 1.165) is 10.0 Å². The smallest absolute Gasteiger partial charge is 0.239 e. The van der Waals surface area contributed by atoms with Crippen LogP contribution in [0.2, 0.25) is 0 Å². The van der Waals surface area contributed by atoms with Gasteiger partial charge in [0, 0.05) is 10.0 Å². The molecule has 0 bridgehead atoms. The average molecular weight is 361 g/mol. The first kappa shape index (κ1) is 14.5. The highest BCUT2D eigenvalue weighted by atomic mass is 79.9. The van der Waals surface area contributed by atoms with Gasteiger partial charge in [0.25, 0.3) is 0 Å². The molecule has 0 aliphatic rings. The van der Waals surface area contributed by atoms with E-state index in [2.05, 4.69) is 21.2 Å². The first-order chi connectivity index (χ1) is 9.13. The monoisotopic (exact) mass is 359 g/mol. The highest BCUT2D eigenvalue weighted by Gasteiger charge is 2.18. The van der Waals surface area contributed by atoms with E-state index >= 15 is 0 Å². The van der Waals surface area contributed by atoms with E-state index in [-0.39, 0.29) is 11.8 Å². The second-order valence-electron chi connectivity index (χ2n) is 3.81. The number of aliphatic hydroxyl groups excluding tert-OH is 1. The van der Waals surface area contributed by atoms with E-state index in [1.807, 2.05) is 29.6 Å². The van der Waals surface area contributed by atoms with Crippen molar-refractivity contribution in [2.75, 3.05) is 11.2 Å². The predicted octanol–water partition coefficient (Wildman–Crippen LogP) is 3.77. The number of thiophene rings is 1. The second kappa shape index (κ2) is 6.52. The molecule has 0 fully saturated rings. The van der Waals surface area contributed by atoms with E-state index < -0.39 is 6.10 Å². The lowest BCUT2D eigenvalue weighted by Gasteiger charge is -2.14. The number of benzene rings is 1. The molecule has 6 heteroatoms. The predicted molar refractivity (Wildman–Crippen MR) is 81.9 cm³/mol. The van der Waals surface area contributed by atoms with Crippen molar-refractivity contribution >= 4 is 49.8 Å². The number of alkyl halides is 1. The molecule has 1 aromatic carbocycles. The minimum absolute atomic E-state index is 0.109. The molecule has 0 radical (unpaired) electrons. The third kappa shape index (κ3) is 3.36. The number of carbonyl (C=O) groups is 1. The van der Waals surface area contributed by atoms with E-state index in [1.165, 1.54) is 11.3 Å². The van der Waals surface area contributed by atoms with Gasteiger partial charge in [-0.15, -0.1) is 22.9 Å². The van der Waals surface area contributed by atoms with E-state index in [1.54, 1.807) is 6.07 Å². The molecule has 1 amide bonds. The first-order valence-electron chi connectivity index (χ1n) is 5.49. The van der Waals surface area contributed by atoms with Crippen LogP contribution in [-0.4, -0.2) is 16.9 Å². The molecular formula is C13H11BrClNO2S. The number of halogens is 2. The lowest BCUT2D eigenvalue weighted by Crippen LogP contribution is -2.13. The number of carbonyl (C=O) groups excluding carboxylic acids is 1. The van der Waals surface area contributed by atoms with Crippen LogP contribution in [0.4, 0.5) is 5.00 Å². The van der Waals surface area contributed by atoms with Gasteiger partial charge in [-0.1, -0.05) is 34.1 Å². The van der Waals surface area contributed by atoms with Crippen molar-refractivity contribution in [1.82, 2.24) is 0 Å². The number of aliphatic hydroxyl groups is 1. The van der Waals surface area contributed by atoms with Gasteiger partial charge < -0.3 is 10.4 Å². The summed E-state index contributed by atoms with van der Waals surface area (Å²) >= 11 is 10.2. The fourth-order valence-corrected chi connectivity index (χ4v) is 3.07. The average Bonchev–Trinajstić information content (AvgIpc) is 2.86. The van der Waals surface area contributed by atoms with Crippen LogP contribution in [0.25, 0.3) is 0 Å². The maximum Gasteiger partial charge on any atom is 0.239 e. The Labute approximate surface area is 128 Å². The van der Waals surface area contributed by atoms with Crippen LogP contribution < -0.4 is 5.32 Å². The summed E-state index contributed by atoms with van der Waals surface area (Å²) in [6, 6.07) is 9.22. The molecule has 1 atom stereocenters. The third-order valence-electron chi connectivity index (χ3n) is 2.56. The summed E-state index contributed by atoms with van der Waals surface area (Å²) in [5.41, 5.74) is 1.41. The molecule has 100 valence electrons. The molecule has 2 N–H and O–H groups in total. The van der Waals surface area contributed by atoms with Crippen LogP contribution in [-0.2, 0) is 4.79 Å². The lowest BCUT2D eigenvalue weighted by atomic mass is 10.0. The summed E-state index contributed by atoms with van der Waals surface area (Å²) < 4.78 is 0.823. The van der Waals surface area contributed by atoms with E-state index in [4.69, 9.17) is 11.6 Å². The van der Waals surface area contributed by atoms with Crippen LogP contribution in [0, 0.1) is 0 Å². The van der Waals surface area contributed by atoms with Gasteiger partial charge in [-0.25, -0.2) is 0 Å². The number of rotatable bonds is 4. The quantitative estimate of drug-likeness (QED) is 0.815. The summed E-state index contributed by atoms with van der Waals surface area (Å²) in [5, 5.41) is 15.5. The molecule has 0 saturated heterocycles. The highest BCUT2D eigenvalue weighted by molar-refractivity contribution is 9.10. The van der Waals surface area contributed by atoms with Crippen molar-refractivity contribution in [2.45, 2.75) is 6.10 Å². The van der Waals surface area contributed by atoms with Gasteiger partial charge in [0.1, 0.15) is 17.0 Å². The summed E-state index contributed by atoms with van der Waals surface area (Å²) in [5.74, 6) is -0.396. The lowest BCUT2D eigenvalue weighted by molar-refractivity contribution is -0.113. The Balaban J connectivity index is 2.30. The Kier molecular flexibility index (Phi) is 4.99. The molecule has 1 unspecified atom stereocenters. The summed E-state index contributed by atoms with van der Waals surface area (Å²) in [6.07, 6.45) is -0.799. The molecule has 0 aliphatic carbocycles. The fourth-order valence-electron chi connectivity index (χ4n) is 1.66. The molecule has 1 aromatic heterocycles. The van der Waals surface area contributed by atoms with Gasteiger partial charge in [0.05, 0.1) is 0 Å². The van der Waals surface area contributed by atoms with Crippen molar-refractivity contribution in [1.29, 1.82) is 0 Å². The molecule has 19 heavy (non-hydrogen) atoms. The maximum absolute atomic E-state index is 11.3. The number of anilines is 1. The summed E-state index contributed by atoms with van der Waals surface area (Å²) in [7, 11) is 0. The van der Waals surface area contributed by atoms with Gasteiger partial charge in [-0.05, 0) is 23.1 Å². The Hall–Kier alpha value is -0.880. The SMILES string of the molecule is O=C(CCl)Nc1sccc1C(O)c1ccccc1Br. The molecule has 1 heterocycles. The van der Waals surface area contributed by atoms with Gasteiger partial charge in [-0.3, -0.25) is 4.79 Å². The topological polar surface area (TPSA) is 49.3 Å². The largest absolute Gasteiger partial charge is 0.384 e.